The van der Waals surface area contributed by atoms with E-state index in [0.29, 0.717) is 13.0 Å². The third-order valence-corrected chi connectivity index (χ3v) is 7.67. The molecule has 0 aliphatic carbocycles. The Morgan fingerprint density at radius 2 is 1.97 bits per heavy atom. The number of carbonyl (C=O) groups is 2. The first-order valence-corrected chi connectivity index (χ1v) is 12.1. The van der Waals surface area contributed by atoms with Crippen LogP contribution in [0.25, 0.3) is 11.1 Å². The second-order valence-electron chi connectivity index (χ2n) is 9.48. The van der Waals surface area contributed by atoms with E-state index < -0.39 is 6.09 Å². The molecule has 184 valence electrons. The Labute approximate surface area is 201 Å². The van der Waals surface area contributed by atoms with Crippen molar-refractivity contribution in [2.24, 2.45) is 0 Å². The van der Waals surface area contributed by atoms with E-state index in [-0.39, 0.29) is 22.5 Å². The lowest BCUT2D eigenvalue weighted by Gasteiger charge is -2.45. The Kier molecular flexibility index (Phi) is 7.06. The van der Waals surface area contributed by atoms with Gasteiger partial charge in [0.2, 0.25) is 0 Å². The first-order valence-electron chi connectivity index (χ1n) is 12.1. The maximum atomic E-state index is 12.8. The van der Waals surface area contributed by atoms with Crippen LogP contribution in [-0.4, -0.2) is 89.2 Å². The molecule has 34 heavy (non-hydrogen) atoms. The van der Waals surface area contributed by atoms with Crippen molar-refractivity contribution in [1.29, 1.82) is 0 Å². The van der Waals surface area contributed by atoms with Crippen LogP contribution < -0.4 is 4.48 Å². The summed E-state index contributed by atoms with van der Waals surface area (Å²) in [6.45, 7) is 11.1. The fraction of sp³-hybridized carbons (Fsp3) is 0.560. The van der Waals surface area contributed by atoms with Gasteiger partial charge in [-0.05, 0) is 31.5 Å². The predicted molar refractivity (Wildman–Crippen MR) is 131 cm³/mol. The molecule has 1 aromatic carbocycles. The highest BCUT2D eigenvalue weighted by Crippen LogP contribution is 2.45. The molecular formula is C25H36N5O4+. The van der Waals surface area contributed by atoms with E-state index in [1.807, 2.05) is 50.1 Å². The summed E-state index contributed by atoms with van der Waals surface area (Å²) in [5.74, 6) is 0.0502. The average Bonchev–Trinajstić information content (AvgIpc) is 3.30. The molecule has 3 heterocycles. The molecule has 0 radical (unpaired) electrons. The van der Waals surface area contributed by atoms with Crippen molar-refractivity contribution >= 4 is 17.7 Å². The molecule has 9 heteroatoms. The molecule has 0 spiro atoms. The van der Waals surface area contributed by atoms with E-state index in [9.17, 15) is 14.7 Å². The Bertz CT molecular complexity index is 1050. The standard InChI is InChI=1S/C25H35N5O4/c1-5-29(25(32)33)23-14-18(2)30(4,19(3)31)24-7-6-20(15-22(23)24)21-16-26-28(17-21)9-8-27-10-12-34-13-11-27/h6-7,15-18,23H,5,8-14H2,1-4H3/p+1/t18-,23?,30+/m0/s1. The number of nitrogens with zero attached hydrogens (tertiary/aromatic N) is 5. The number of hydrogen-bond acceptors (Lipinski definition) is 5. The van der Waals surface area contributed by atoms with Crippen LogP contribution >= 0.6 is 0 Å². The zero-order valence-corrected chi connectivity index (χ0v) is 20.6. The molecule has 1 unspecified atom stereocenters. The Morgan fingerprint density at radius 1 is 1.24 bits per heavy atom. The van der Waals surface area contributed by atoms with Crippen LogP contribution in [0.4, 0.5) is 10.5 Å². The lowest BCUT2D eigenvalue weighted by molar-refractivity contribution is -0.129. The maximum absolute atomic E-state index is 12.8. The van der Waals surface area contributed by atoms with Gasteiger partial charge in [-0.2, -0.15) is 5.10 Å². The van der Waals surface area contributed by atoms with Gasteiger partial charge in [0.15, 0.2) is 0 Å². The van der Waals surface area contributed by atoms with Crippen molar-refractivity contribution in [2.45, 2.75) is 45.8 Å². The van der Waals surface area contributed by atoms with Crippen LogP contribution in [0, 0.1) is 0 Å². The number of morpholine rings is 1. The van der Waals surface area contributed by atoms with Crippen molar-refractivity contribution in [3.05, 3.63) is 36.2 Å². The Morgan fingerprint density at radius 3 is 2.62 bits per heavy atom. The van der Waals surface area contributed by atoms with Gasteiger partial charge in [0.25, 0.3) is 0 Å². The zero-order chi connectivity index (χ0) is 24.5. The molecular weight excluding hydrogens is 434 g/mol. The highest BCUT2D eigenvalue weighted by Gasteiger charge is 2.47. The smallest absolute Gasteiger partial charge is 0.407 e. The third kappa shape index (κ3) is 4.47. The zero-order valence-electron chi connectivity index (χ0n) is 20.6. The van der Waals surface area contributed by atoms with Crippen molar-refractivity contribution in [3.63, 3.8) is 0 Å². The predicted octanol–water partition coefficient (Wildman–Crippen LogP) is 3.20. The van der Waals surface area contributed by atoms with E-state index in [2.05, 4.69) is 16.1 Å². The summed E-state index contributed by atoms with van der Waals surface area (Å²) in [6.07, 6.45) is 3.54. The van der Waals surface area contributed by atoms with Crippen LogP contribution in [0.1, 0.15) is 38.8 Å². The van der Waals surface area contributed by atoms with Gasteiger partial charge in [-0.1, -0.05) is 0 Å². The van der Waals surface area contributed by atoms with Gasteiger partial charge in [-0.25, -0.2) is 14.1 Å². The fourth-order valence-electron chi connectivity index (χ4n) is 5.29. The minimum Gasteiger partial charge on any atom is -0.465 e. The molecule has 9 nitrogen and oxygen atoms in total. The van der Waals surface area contributed by atoms with Crippen LogP contribution in [0.3, 0.4) is 0 Å². The summed E-state index contributed by atoms with van der Waals surface area (Å²) in [7, 11) is 1.93. The number of fused-ring (bicyclic) bond motifs is 1. The summed E-state index contributed by atoms with van der Waals surface area (Å²) in [5, 5.41) is 14.4. The molecule has 1 saturated heterocycles. The topological polar surface area (TPSA) is 87.9 Å². The molecule has 1 N–H and O–H groups in total. The van der Waals surface area contributed by atoms with Gasteiger partial charge < -0.3 is 14.7 Å². The minimum atomic E-state index is -0.939. The monoisotopic (exact) mass is 470 g/mol. The SMILES string of the molecule is CCN(C(=O)O)C1C[C@H](C)[N@+](C)(C(C)=O)c2ccc(-c3cnn(CCN4CCOCC4)c3)cc21. The Balaban J connectivity index is 1.66. The molecule has 2 aliphatic rings. The van der Waals surface area contributed by atoms with Gasteiger partial charge >= 0.3 is 12.0 Å². The van der Waals surface area contributed by atoms with Crippen molar-refractivity contribution in [2.75, 3.05) is 46.4 Å². The molecule has 2 aliphatic heterocycles. The minimum absolute atomic E-state index is 0.0304. The van der Waals surface area contributed by atoms with Crippen molar-refractivity contribution in [1.82, 2.24) is 24.1 Å². The first-order chi connectivity index (χ1) is 16.3. The average molecular weight is 471 g/mol. The van der Waals surface area contributed by atoms with E-state index in [1.54, 1.807) is 6.92 Å². The summed E-state index contributed by atoms with van der Waals surface area (Å²) in [4.78, 5) is 28.6. The molecule has 1 fully saturated rings. The highest BCUT2D eigenvalue weighted by atomic mass is 16.5. The molecule has 2 amide bonds. The maximum Gasteiger partial charge on any atom is 0.407 e. The number of ether oxygens (including phenoxy) is 1. The largest absolute Gasteiger partial charge is 0.465 e. The van der Waals surface area contributed by atoms with Crippen LogP contribution in [0.2, 0.25) is 0 Å². The van der Waals surface area contributed by atoms with Gasteiger partial charge in [0.1, 0.15) is 5.69 Å². The molecule has 0 saturated carbocycles. The van der Waals surface area contributed by atoms with Crippen LogP contribution in [-0.2, 0) is 16.1 Å². The van der Waals surface area contributed by atoms with Crippen molar-refractivity contribution < 1.29 is 19.4 Å². The van der Waals surface area contributed by atoms with Gasteiger partial charge in [0.05, 0.1) is 52.0 Å². The van der Waals surface area contributed by atoms with Crippen molar-refractivity contribution in [3.8, 4) is 11.1 Å². The number of quaternary nitrogens is 1. The number of rotatable bonds is 6. The number of benzene rings is 1. The quantitative estimate of drug-likeness (QED) is 0.653. The van der Waals surface area contributed by atoms with Gasteiger partial charge in [-0.15, -0.1) is 0 Å². The summed E-state index contributed by atoms with van der Waals surface area (Å²) in [5.41, 5.74) is 3.74. The van der Waals surface area contributed by atoms with E-state index in [1.165, 1.54) is 4.90 Å². The van der Waals surface area contributed by atoms with E-state index in [0.717, 1.165) is 61.8 Å². The third-order valence-electron chi connectivity index (χ3n) is 7.67. The molecule has 2 aromatic rings. The number of hydrogen-bond donors (Lipinski definition) is 1. The summed E-state index contributed by atoms with van der Waals surface area (Å²) in [6, 6.07) is 5.75. The number of aromatic nitrogens is 2. The Hall–Kier alpha value is -2.75. The summed E-state index contributed by atoms with van der Waals surface area (Å²) >= 11 is 0. The fourth-order valence-corrected chi connectivity index (χ4v) is 5.29. The molecule has 4 rings (SSSR count). The molecule has 0 bridgehead atoms. The second-order valence-corrected chi connectivity index (χ2v) is 9.48. The summed E-state index contributed by atoms with van der Waals surface area (Å²) < 4.78 is 7.54. The molecule has 3 atom stereocenters. The van der Waals surface area contributed by atoms with Gasteiger partial charge in [-0.3, -0.25) is 9.58 Å². The molecule has 1 aromatic heterocycles. The lowest BCUT2D eigenvalue weighted by Crippen LogP contribution is -2.60. The number of carbonyl (C=O) groups excluding carboxylic acids is 1. The van der Waals surface area contributed by atoms with Gasteiger partial charge in [0, 0.05) is 56.0 Å². The highest BCUT2D eigenvalue weighted by molar-refractivity contribution is 5.89. The normalized spacial score (nSPS) is 25.1. The number of amides is 2. The van der Waals surface area contributed by atoms with Crippen LogP contribution in [0.5, 0.6) is 0 Å². The van der Waals surface area contributed by atoms with E-state index >= 15 is 0 Å². The van der Waals surface area contributed by atoms with E-state index in [4.69, 9.17) is 4.74 Å². The second kappa shape index (κ2) is 9.85. The first kappa shape index (κ1) is 24.4. The van der Waals surface area contributed by atoms with Crippen LogP contribution in [0.15, 0.2) is 30.6 Å². The number of carboxylic acid groups (broad SMARTS) is 1. The lowest BCUT2D eigenvalue weighted by atomic mass is 9.86.